The number of carbonyl (C=O) groups is 2. The van der Waals surface area contributed by atoms with Crippen LogP contribution in [0.3, 0.4) is 0 Å². The summed E-state index contributed by atoms with van der Waals surface area (Å²) < 4.78 is 1.37. The van der Waals surface area contributed by atoms with Gasteiger partial charge in [0.1, 0.15) is 6.04 Å². The number of hydrogen-bond acceptors (Lipinski definition) is 5. The summed E-state index contributed by atoms with van der Waals surface area (Å²) in [5.74, 6) is -0.465. The van der Waals surface area contributed by atoms with Crippen LogP contribution in [0.4, 0.5) is 0 Å². The molecule has 1 aliphatic heterocycles. The van der Waals surface area contributed by atoms with Gasteiger partial charge in [-0.2, -0.15) is 0 Å². The van der Waals surface area contributed by atoms with Gasteiger partial charge in [-0.25, -0.2) is 0 Å². The molecular formula is C23H26N4O4S. The molecule has 1 aromatic carbocycles. The number of fused-ring (bicyclic) bond motifs is 2. The Hall–Kier alpha value is -3.20. The van der Waals surface area contributed by atoms with Crippen LogP contribution >= 0.6 is 11.3 Å². The second kappa shape index (κ2) is 9.12. The monoisotopic (exact) mass is 454 g/mol. The summed E-state index contributed by atoms with van der Waals surface area (Å²) in [6.07, 6.45) is 2.13. The van der Waals surface area contributed by atoms with E-state index in [-0.39, 0.29) is 11.8 Å². The molecule has 0 aliphatic carbocycles. The third-order valence-corrected chi connectivity index (χ3v) is 6.88. The van der Waals surface area contributed by atoms with Gasteiger partial charge in [0.2, 0.25) is 5.91 Å². The Morgan fingerprint density at radius 3 is 2.78 bits per heavy atom. The zero-order valence-corrected chi connectivity index (χ0v) is 19.0. The van der Waals surface area contributed by atoms with E-state index in [1.54, 1.807) is 36.5 Å². The molecule has 0 radical (unpaired) electrons. The summed E-state index contributed by atoms with van der Waals surface area (Å²) >= 11 is 1.72. The zero-order chi connectivity index (χ0) is 22.8. The number of H-pyrrole nitrogens is 1. The SMILES string of the molecule is CCCC(NC(=O)c1ccc2c(c1)[nH]c(=O)c(=O)n2CC)C(=O)N1CCc2sccc2C1. The molecule has 0 fully saturated rings. The first kappa shape index (κ1) is 22.0. The normalized spacial score (nSPS) is 14.2. The first-order valence-electron chi connectivity index (χ1n) is 10.8. The third-order valence-electron chi connectivity index (χ3n) is 5.85. The molecule has 1 unspecified atom stereocenters. The van der Waals surface area contributed by atoms with Crippen molar-refractivity contribution in [3.63, 3.8) is 0 Å². The molecule has 2 amide bonds. The summed E-state index contributed by atoms with van der Waals surface area (Å²) in [4.78, 5) is 55.8. The quantitative estimate of drug-likeness (QED) is 0.558. The average molecular weight is 455 g/mol. The van der Waals surface area contributed by atoms with E-state index in [2.05, 4.69) is 16.4 Å². The van der Waals surface area contributed by atoms with Crippen molar-refractivity contribution in [2.24, 2.45) is 0 Å². The Morgan fingerprint density at radius 2 is 2.03 bits per heavy atom. The van der Waals surface area contributed by atoms with Crippen LogP contribution in [0.5, 0.6) is 0 Å². The largest absolute Gasteiger partial charge is 0.340 e. The number of aromatic amines is 1. The Bertz CT molecular complexity index is 1290. The van der Waals surface area contributed by atoms with E-state index in [0.29, 0.717) is 42.7 Å². The van der Waals surface area contributed by atoms with Crippen LogP contribution in [0.1, 0.15) is 47.5 Å². The summed E-state index contributed by atoms with van der Waals surface area (Å²) in [6.45, 7) is 5.32. The average Bonchev–Trinajstić information content (AvgIpc) is 3.26. The van der Waals surface area contributed by atoms with Gasteiger partial charge in [0, 0.05) is 30.1 Å². The lowest BCUT2D eigenvalue weighted by atomic mass is 10.1. The van der Waals surface area contributed by atoms with Crippen molar-refractivity contribution in [1.82, 2.24) is 19.8 Å². The lowest BCUT2D eigenvalue weighted by molar-refractivity contribution is -0.134. The number of aromatic nitrogens is 2. The van der Waals surface area contributed by atoms with E-state index < -0.39 is 17.2 Å². The van der Waals surface area contributed by atoms with Crippen LogP contribution in [-0.2, 0) is 24.3 Å². The highest BCUT2D eigenvalue weighted by molar-refractivity contribution is 7.10. The first-order valence-corrected chi connectivity index (χ1v) is 11.7. The van der Waals surface area contributed by atoms with Crippen molar-refractivity contribution in [3.8, 4) is 0 Å². The molecule has 3 aromatic rings. The molecule has 3 heterocycles. The van der Waals surface area contributed by atoms with Gasteiger partial charge >= 0.3 is 11.1 Å². The number of rotatable bonds is 6. The molecule has 8 nitrogen and oxygen atoms in total. The molecule has 4 rings (SSSR count). The maximum absolute atomic E-state index is 13.2. The van der Waals surface area contributed by atoms with Crippen LogP contribution in [0.2, 0.25) is 0 Å². The second-order valence-corrected chi connectivity index (χ2v) is 8.93. The van der Waals surface area contributed by atoms with E-state index in [1.807, 2.05) is 17.2 Å². The minimum atomic E-state index is -0.728. The number of amides is 2. The van der Waals surface area contributed by atoms with Crippen molar-refractivity contribution >= 4 is 34.2 Å². The number of nitrogens with one attached hydrogen (secondary N) is 2. The fourth-order valence-corrected chi connectivity index (χ4v) is 5.07. The van der Waals surface area contributed by atoms with Gasteiger partial charge in [-0.1, -0.05) is 13.3 Å². The fourth-order valence-electron chi connectivity index (χ4n) is 4.18. The molecule has 0 spiro atoms. The van der Waals surface area contributed by atoms with E-state index in [4.69, 9.17) is 0 Å². The topological polar surface area (TPSA) is 104 Å². The Labute approximate surface area is 188 Å². The number of aryl methyl sites for hydroxylation is 1. The van der Waals surface area contributed by atoms with Gasteiger partial charge in [0.25, 0.3) is 5.91 Å². The number of thiophene rings is 1. The number of benzene rings is 1. The standard InChI is InChI=1S/C23H26N4O4S/c1-3-5-16(22(30)26-10-8-19-15(13-26)9-11-32-19)24-20(28)14-6-7-18-17(12-14)25-21(29)23(31)27(18)4-2/h6-7,9,11-12,16H,3-5,8,10,13H2,1-2H3,(H,24,28)(H,25,29). The maximum atomic E-state index is 13.2. The van der Waals surface area contributed by atoms with E-state index >= 15 is 0 Å². The lowest BCUT2D eigenvalue weighted by Gasteiger charge is -2.31. The smallest absolute Gasteiger partial charge is 0.316 e. The van der Waals surface area contributed by atoms with Crippen LogP contribution < -0.4 is 16.4 Å². The molecule has 0 saturated heterocycles. The summed E-state index contributed by atoms with van der Waals surface area (Å²) in [5, 5.41) is 4.93. The zero-order valence-electron chi connectivity index (χ0n) is 18.1. The van der Waals surface area contributed by atoms with Gasteiger partial charge in [-0.05, 0) is 55.0 Å². The lowest BCUT2D eigenvalue weighted by Crippen LogP contribution is -2.49. The van der Waals surface area contributed by atoms with Crippen LogP contribution in [0.25, 0.3) is 11.0 Å². The molecule has 0 saturated carbocycles. The predicted molar refractivity (Wildman–Crippen MR) is 124 cm³/mol. The summed E-state index contributed by atoms with van der Waals surface area (Å²) in [7, 11) is 0. The minimum absolute atomic E-state index is 0.0777. The molecule has 0 bridgehead atoms. The number of hydrogen-bond donors (Lipinski definition) is 2. The predicted octanol–water partition coefficient (Wildman–Crippen LogP) is 2.25. The molecule has 2 N–H and O–H groups in total. The Morgan fingerprint density at radius 1 is 1.22 bits per heavy atom. The van der Waals surface area contributed by atoms with E-state index in [9.17, 15) is 19.2 Å². The molecule has 9 heteroatoms. The highest BCUT2D eigenvalue weighted by Gasteiger charge is 2.28. The Balaban J connectivity index is 1.56. The van der Waals surface area contributed by atoms with Gasteiger partial charge < -0.3 is 19.8 Å². The molecule has 1 aliphatic rings. The summed E-state index contributed by atoms with van der Waals surface area (Å²) in [6, 6.07) is 6.23. The van der Waals surface area contributed by atoms with Crippen molar-refractivity contribution in [3.05, 3.63) is 66.4 Å². The van der Waals surface area contributed by atoms with Crippen LogP contribution in [-0.4, -0.2) is 38.9 Å². The van der Waals surface area contributed by atoms with Gasteiger partial charge in [-0.15, -0.1) is 11.3 Å². The molecule has 168 valence electrons. The third kappa shape index (κ3) is 4.12. The highest BCUT2D eigenvalue weighted by Crippen LogP contribution is 2.24. The van der Waals surface area contributed by atoms with Crippen molar-refractivity contribution in [2.75, 3.05) is 6.54 Å². The van der Waals surface area contributed by atoms with Crippen molar-refractivity contribution in [2.45, 2.75) is 52.2 Å². The van der Waals surface area contributed by atoms with E-state index in [1.165, 1.54) is 15.0 Å². The van der Waals surface area contributed by atoms with E-state index in [0.717, 1.165) is 12.8 Å². The Kier molecular flexibility index (Phi) is 6.27. The highest BCUT2D eigenvalue weighted by atomic mass is 32.1. The molecule has 32 heavy (non-hydrogen) atoms. The van der Waals surface area contributed by atoms with Crippen LogP contribution in [0, 0.1) is 0 Å². The van der Waals surface area contributed by atoms with Crippen molar-refractivity contribution in [1.29, 1.82) is 0 Å². The molecule has 1 atom stereocenters. The fraction of sp³-hybridized carbons (Fsp3) is 0.391. The van der Waals surface area contributed by atoms with Gasteiger partial charge in [0.15, 0.2) is 0 Å². The second-order valence-electron chi connectivity index (χ2n) is 7.93. The van der Waals surface area contributed by atoms with Crippen LogP contribution in [0.15, 0.2) is 39.2 Å². The summed E-state index contributed by atoms with van der Waals surface area (Å²) in [5.41, 5.74) is 1.10. The maximum Gasteiger partial charge on any atom is 0.316 e. The van der Waals surface area contributed by atoms with Crippen molar-refractivity contribution < 1.29 is 9.59 Å². The minimum Gasteiger partial charge on any atom is -0.340 e. The number of carbonyl (C=O) groups excluding carboxylic acids is 2. The number of nitrogens with zero attached hydrogens (tertiary/aromatic N) is 2. The molecule has 2 aromatic heterocycles. The first-order chi connectivity index (χ1) is 15.4. The van der Waals surface area contributed by atoms with Gasteiger partial charge in [-0.3, -0.25) is 19.2 Å². The van der Waals surface area contributed by atoms with Gasteiger partial charge in [0.05, 0.1) is 11.0 Å². The molecular weight excluding hydrogens is 428 g/mol.